The van der Waals surface area contributed by atoms with E-state index in [1.54, 1.807) is 6.07 Å². The Hall–Kier alpha value is 0.110. The summed E-state index contributed by atoms with van der Waals surface area (Å²) in [4.78, 5) is 0. The van der Waals surface area contributed by atoms with Crippen LogP contribution in [0, 0.1) is 5.82 Å². The Morgan fingerprint density at radius 1 is 1.25 bits per heavy atom. The van der Waals surface area contributed by atoms with Gasteiger partial charge in [0.2, 0.25) is 0 Å². The average molecular weight is 296 g/mol. The zero-order valence-electron chi connectivity index (χ0n) is 6.87. The van der Waals surface area contributed by atoms with Crippen molar-refractivity contribution in [3.05, 3.63) is 32.5 Å². The second-order valence-electron chi connectivity index (χ2n) is 2.95. The van der Waals surface area contributed by atoms with E-state index in [1.807, 2.05) is 19.9 Å². The summed E-state index contributed by atoms with van der Waals surface area (Å²) in [5, 5.41) is 0. The Morgan fingerprint density at radius 3 is 2.33 bits per heavy atom. The van der Waals surface area contributed by atoms with E-state index >= 15 is 0 Å². The zero-order chi connectivity index (χ0) is 9.30. The van der Waals surface area contributed by atoms with Crippen molar-refractivity contribution in [1.29, 1.82) is 0 Å². The van der Waals surface area contributed by atoms with Crippen LogP contribution in [0.1, 0.15) is 25.3 Å². The smallest absolute Gasteiger partial charge is 0.140 e. The van der Waals surface area contributed by atoms with Gasteiger partial charge in [-0.25, -0.2) is 4.39 Å². The van der Waals surface area contributed by atoms with Crippen LogP contribution in [0.5, 0.6) is 0 Å². The maximum absolute atomic E-state index is 13.4. The van der Waals surface area contributed by atoms with Gasteiger partial charge in [-0.1, -0.05) is 29.8 Å². The molecule has 1 aromatic carbocycles. The Balaban J connectivity index is 3.28. The van der Waals surface area contributed by atoms with Crippen molar-refractivity contribution in [2.75, 3.05) is 0 Å². The van der Waals surface area contributed by atoms with Crippen molar-refractivity contribution in [3.63, 3.8) is 0 Å². The molecule has 0 aromatic heterocycles. The quantitative estimate of drug-likeness (QED) is 0.671. The third-order valence-electron chi connectivity index (χ3n) is 1.64. The molecule has 66 valence electrons. The first kappa shape index (κ1) is 10.2. The van der Waals surface area contributed by atoms with Gasteiger partial charge in [0, 0.05) is 4.47 Å². The molecule has 0 atom stereocenters. The number of rotatable bonds is 1. The summed E-state index contributed by atoms with van der Waals surface area (Å²) in [6, 6.07) is 3.52. The standard InChI is InChI=1S/C9H9Br2F/c1-5(2)7-3-6(10)4-8(11)9(7)12/h3-5H,1-2H3. The highest BCUT2D eigenvalue weighted by Gasteiger charge is 2.10. The number of hydrogen-bond acceptors (Lipinski definition) is 0. The fourth-order valence-electron chi connectivity index (χ4n) is 0.996. The molecule has 0 aliphatic carbocycles. The Morgan fingerprint density at radius 2 is 1.83 bits per heavy atom. The summed E-state index contributed by atoms with van der Waals surface area (Å²) < 4.78 is 14.8. The fraction of sp³-hybridized carbons (Fsp3) is 0.333. The molecular weight excluding hydrogens is 287 g/mol. The van der Waals surface area contributed by atoms with Crippen LogP contribution in [0.25, 0.3) is 0 Å². The van der Waals surface area contributed by atoms with E-state index in [9.17, 15) is 4.39 Å². The van der Waals surface area contributed by atoms with Gasteiger partial charge in [-0.2, -0.15) is 0 Å². The summed E-state index contributed by atoms with van der Waals surface area (Å²) in [7, 11) is 0. The van der Waals surface area contributed by atoms with E-state index in [0.29, 0.717) is 4.47 Å². The van der Waals surface area contributed by atoms with Crippen molar-refractivity contribution in [1.82, 2.24) is 0 Å². The molecule has 0 saturated heterocycles. The molecule has 0 aliphatic rings. The number of hydrogen-bond donors (Lipinski definition) is 0. The van der Waals surface area contributed by atoms with Crippen molar-refractivity contribution in [2.24, 2.45) is 0 Å². The van der Waals surface area contributed by atoms with Crippen LogP contribution in [0.15, 0.2) is 21.1 Å². The second-order valence-corrected chi connectivity index (χ2v) is 4.72. The molecule has 0 N–H and O–H groups in total. The first-order chi connectivity index (χ1) is 5.52. The van der Waals surface area contributed by atoms with Crippen molar-refractivity contribution >= 4 is 31.9 Å². The topological polar surface area (TPSA) is 0 Å². The predicted molar refractivity (Wildman–Crippen MR) is 55.9 cm³/mol. The largest absolute Gasteiger partial charge is 0.205 e. The first-order valence-electron chi connectivity index (χ1n) is 3.67. The number of halogens is 3. The van der Waals surface area contributed by atoms with Gasteiger partial charge in [0.1, 0.15) is 5.82 Å². The molecule has 0 heterocycles. The van der Waals surface area contributed by atoms with E-state index in [1.165, 1.54) is 0 Å². The highest BCUT2D eigenvalue weighted by Crippen LogP contribution is 2.28. The lowest BCUT2D eigenvalue weighted by Crippen LogP contribution is -1.93. The molecule has 0 nitrogen and oxygen atoms in total. The van der Waals surface area contributed by atoms with Crippen LogP contribution in [0.2, 0.25) is 0 Å². The Labute approximate surface area is 88.4 Å². The summed E-state index contributed by atoms with van der Waals surface area (Å²) in [6.45, 7) is 3.94. The SMILES string of the molecule is CC(C)c1cc(Br)cc(Br)c1F. The molecule has 0 saturated carbocycles. The van der Waals surface area contributed by atoms with Gasteiger partial charge in [-0.05, 0) is 39.5 Å². The Bertz CT molecular complexity index is 295. The van der Waals surface area contributed by atoms with Crippen LogP contribution in [-0.2, 0) is 0 Å². The van der Waals surface area contributed by atoms with Crippen molar-refractivity contribution in [2.45, 2.75) is 19.8 Å². The highest BCUT2D eigenvalue weighted by atomic mass is 79.9. The molecule has 1 rings (SSSR count). The van der Waals surface area contributed by atoms with E-state index in [2.05, 4.69) is 31.9 Å². The number of benzene rings is 1. The van der Waals surface area contributed by atoms with Crippen LogP contribution in [-0.4, -0.2) is 0 Å². The van der Waals surface area contributed by atoms with E-state index in [0.717, 1.165) is 10.0 Å². The molecule has 0 fully saturated rings. The normalized spacial score (nSPS) is 10.8. The van der Waals surface area contributed by atoms with Crippen molar-refractivity contribution in [3.8, 4) is 0 Å². The summed E-state index contributed by atoms with van der Waals surface area (Å²) in [6.07, 6.45) is 0. The van der Waals surface area contributed by atoms with E-state index < -0.39 is 0 Å². The molecule has 12 heavy (non-hydrogen) atoms. The molecule has 0 radical (unpaired) electrons. The van der Waals surface area contributed by atoms with Crippen LogP contribution < -0.4 is 0 Å². The lowest BCUT2D eigenvalue weighted by molar-refractivity contribution is 0.591. The average Bonchev–Trinajstić information content (AvgIpc) is 1.96. The van der Waals surface area contributed by atoms with E-state index in [-0.39, 0.29) is 11.7 Å². The molecular formula is C9H9Br2F. The van der Waals surface area contributed by atoms with Gasteiger partial charge in [-0.3, -0.25) is 0 Å². The Kier molecular flexibility index (Phi) is 3.29. The molecule has 1 aromatic rings. The predicted octanol–water partition coefficient (Wildman–Crippen LogP) is 4.47. The third kappa shape index (κ3) is 2.07. The molecule has 3 heteroatoms. The van der Waals surface area contributed by atoms with Gasteiger partial charge in [0.05, 0.1) is 4.47 Å². The molecule has 0 amide bonds. The van der Waals surface area contributed by atoms with Gasteiger partial charge >= 0.3 is 0 Å². The molecule has 0 spiro atoms. The molecule has 0 aliphatic heterocycles. The van der Waals surface area contributed by atoms with Crippen LogP contribution in [0.3, 0.4) is 0 Å². The maximum Gasteiger partial charge on any atom is 0.140 e. The summed E-state index contributed by atoms with van der Waals surface area (Å²) in [5.74, 6) is 0.0481. The van der Waals surface area contributed by atoms with Gasteiger partial charge in [0.25, 0.3) is 0 Å². The van der Waals surface area contributed by atoms with Gasteiger partial charge < -0.3 is 0 Å². The van der Waals surface area contributed by atoms with Crippen molar-refractivity contribution < 1.29 is 4.39 Å². The van der Waals surface area contributed by atoms with Gasteiger partial charge in [-0.15, -0.1) is 0 Å². The first-order valence-corrected chi connectivity index (χ1v) is 5.25. The third-order valence-corrected chi connectivity index (χ3v) is 2.68. The maximum atomic E-state index is 13.4. The van der Waals surface area contributed by atoms with Gasteiger partial charge in [0.15, 0.2) is 0 Å². The summed E-state index contributed by atoms with van der Waals surface area (Å²) >= 11 is 6.48. The summed E-state index contributed by atoms with van der Waals surface area (Å²) in [5.41, 5.74) is 0.733. The monoisotopic (exact) mass is 294 g/mol. The lowest BCUT2D eigenvalue weighted by Gasteiger charge is -2.08. The molecule has 0 unspecified atom stereocenters. The minimum Gasteiger partial charge on any atom is -0.205 e. The van der Waals surface area contributed by atoms with Crippen LogP contribution >= 0.6 is 31.9 Å². The fourth-order valence-corrected chi connectivity index (χ4v) is 2.25. The lowest BCUT2D eigenvalue weighted by atomic mass is 10.0. The van der Waals surface area contributed by atoms with Crippen LogP contribution in [0.4, 0.5) is 4.39 Å². The molecule has 0 bridgehead atoms. The second kappa shape index (κ2) is 3.88. The zero-order valence-corrected chi connectivity index (χ0v) is 10.0. The highest BCUT2D eigenvalue weighted by molar-refractivity contribution is 9.11. The van der Waals surface area contributed by atoms with E-state index in [4.69, 9.17) is 0 Å². The minimum atomic E-state index is -0.159. The minimum absolute atomic E-state index is 0.159.